The SMILES string of the molecule is C=C1C[C@@]23CC[C@H]4[C@@](C)(CCC[C@@]4(C)C(=O)O[C@H]4C[C@@H](O)C[C@@H](CO)O4)[C@@H]2C[C@H](O[C@@H]2O[C@H](CO)[C@@H](O)[C@H](O[C@@H]4O[C@H](CO)[C@@H](O)[C@H](O)[C@H]4O)C2O[C@H]2C[C@@H](O)[C@H](O)[C@@H](CO)O2)[C@@H]1C3. The number of esters is 1. The van der Waals surface area contributed by atoms with Crippen LogP contribution in [0, 0.1) is 34.0 Å². The minimum atomic E-state index is -1.88. The van der Waals surface area contributed by atoms with Crippen LogP contribution in [0.25, 0.3) is 0 Å². The van der Waals surface area contributed by atoms with Crippen LogP contribution in [0.1, 0.15) is 84.5 Å². The van der Waals surface area contributed by atoms with Crippen molar-refractivity contribution in [2.24, 2.45) is 34.0 Å². The highest BCUT2D eigenvalue weighted by atomic mass is 16.8. The highest BCUT2D eigenvalue weighted by Gasteiger charge is 2.68. The zero-order valence-electron chi connectivity index (χ0n) is 36.5. The molecule has 8 aliphatic rings. The number of rotatable bonds is 12. The Balaban J connectivity index is 1.08. The molecule has 2 bridgehead atoms. The number of ether oxygens (including phenoxy) is 8. The van der Waals surface area contributed by atoms with Gasteiger partial charge in [0.15, 0.2) is 18.9 Å². The lowest BCUT2D eigenvalue weighted by Crippen LogP contribution is -2.66. The Hall–Kier alpha value is -1.51. The van der Waals surface area contributed by atoms with Gasteiger partial charge in [0.05, 0.1) is 56.3 Å². The van der Waals surface area contributed by atoms with Crippen molar-refractivity contribution >= 4 is 5.97 Å². The number of aliphatic hydroxyl groups excluding tert-OH is 11. The topological polar surface area (TPSA) is 313 Å². The number of fused-ring (bicyclic) bond motifs is 3. The third-order valence-corrected chi connectivity index (χ3v) is 16.6. The molecule has 0 aromatic carbocycles. The molecule has 1 unspecified atom stereocenters. The quantitative estimate of drug-likeness (QED) is 0.0564. The molecule has 0 amide bonds. The molecule has 24 atom stereocenters. The predicted molar refractivity (Wildman–Crippen MR) is 215 cm³/mol. The molecule has 0 aromatic rings. The molecule has 0 radical (unpaired) electrons. The standard InChI is InChI=1S/C44H70O20/c1-19-13-44-8-5-28-42(2,6-4-7-43(28,3)41(56)63-30-10-20(49)9-21(15-45)57-30)29(44)12-24(22(19)14-44)59-40-38(62-31-11-23(50)32(51)25(16-46)58-31)37(34(53)27(18-48)61-40)64-39-36(55)35(54)33(52)26(17-47)60-39/h20-40,45-55H,1,4-18H2,2-3H3/t20-,21-,22+,23+,24-,25+,26+,27+,28-,29-,30-,31-,32-,33+,34+,35-,36+,37-,38?,39-,40+,42+,43+,44+/m0/s1. The summed E-state index contributed by atoms with van der Waals surface area (Å²) in [6, 6.07) is 0. The lowest BCUT2D eigenvalue weighted by molar-refractivity contribution is -0.389. The fourth-order valence-corrected chi connectivity index (χ4v) is 13.4. The average molecular weight is 919 g/mol. The highest BCUT2D eigenvalue weighted by molar-refractivity contribution is 5.77. The van der Waals surface area contributed by atoms with Gasteiger partial charge in [0.1, 0.15) is 61.0 Å². The van der Waals surface area contributed by atoms with Crippen molar-refractivity contribution in [3.05, 3.63) is 12.2 Å². The van der Waals surface area contributed by atoms with E-state index < -0.39 is 142 Å². The van der Waals surface area contributed by atoms with E-state index in [-0.39, 0.29) is 54.5 Å². The molecule has 366 valence electrons. The summed E-state index contributed by atoms with van der Waals surface area (Å²) in [7, 11) is 0. The summed E-state index contributed by atoms with van der Waals surface area (Å²) in [6.07, 6.45) is -18.7. The molecular weight excluding hydrogens is 848 g/mol. The first-order chi connectivity index (χ1) is 30.4. The molecule has 8 rings (SSSR count). The zero-order chi connectivity index (χ0) is 46.0. The van der Waals surface area contributed by atoms with Crippen LogP contribution in [0.15, 0.2) is 12.2 Å². The molecule has 64 heavy (non-hydrogen) atoms. The second kappa shape index (κ2) is 19.1. The van der Waals surface area contributed by atoms with Crippen LogP contribution >= 0.6 is 0 Å². The van der Waals surface area contributed by atoms with Gasteiger partial charge in [-0.25, -0.2) is 0 Å². The number of hydrogen-bond donors (Lipinski definition) is 11. The fourth-order valence-electron chi connectivity index (χ4n) is 13.4. The number of hydrogen-bond acceptors (Lipinski definition) is 20. The van der Waals surface area contributed by atoms with Gasteiger partial charge in [0.25, 0.3) is 0 Å². The van der Waals surface area contributed by atoms with Crippen LogP contribution in [0.5, 0.6) is 0 Å². The summed E-state index contributed by atoms with van der Waals surface area (Å²) >= 11 is 0. The van der Waals surface area contributed by atoms with E-state index in [0.717, 1.165) is 44.1 Å². The maximum absolute atomic E-state index is 14.3. The van der Waals surface area contributed by atoms with Gasteiger partial charge in [-0.2, -0.15) is 0 Å². The van der Waals surface area contributed by atoms with E-state index in [1.54, 1.807) is 0 Å². The predicted octanol–water partition coefficient (Wildman–Crippen LogP) is -2.17. The third kappa shape index (κ3) is 8.74. The van der Waals surface area contributed by atoms with Crippen molar-refractivity contribution in [3.8, 4) is 0 Å². The third-order valence-electron chi connectivity index (χ3n) is 16.6. The number of carbonyl (C=O) groups excluding carboxylic acids is 1. The smallest absolute Gasteiger partial charge is 0.314 e. The van der Waals surface area contributed by atoms with E-state index >= 15 is 0 Å². The number of aliphatic hydroxyl groups is 11. The van der Waals surface area contributed by atoms with Crippen molar-refractivity contribution in [2.45, 2.75) is 195 Å². The zero-order valence-corrected chi connectivity index (χ0v) is 36.5. The van der Waals surface area contributed by atoms with Crippen molar-refractivity contribution in [1.29, 1.82) is 0 Å². The van der Waals surface area contributed by atoms with Gasteiger partial charge >= 0.3 is 5.97 Å². The Bertz CT molecular complexity index is 1640. The number of carbonyl (C=O) groups is 1. The van der Waals surface area contributed by atoms with E-state index in [1.165, 1.54) is 0 Å². The Morgan fingerprint density at radius 3 is 2.06 bits per heavy atom. The maximum Gasteiger partial charge on any atom is 0.314 e. The molecule has 4 aliphatic heterocycles. The van der Waals surface area contributed by atoms with Gasteiger partial charge < -0.3 is 94.1 Å². The first kappa shape index (κ1) is 48.9. The Labute approximate surface area is 372 Å². The van der Waals surface area contributed by atoms with Gasteiger partial charge in [0, 0.05) is 25.2 Å². The first-order valence-electron chi connectivity index (χ1n) is 23.1. The van der Waals surface area contributed by atoms with Crippen LogP contribution in [0.2, 0.25) is 0 Å². The van der Waals surface area contributed by atoms with Gasteiger partial charge in [0.2, 0.25) is 6.29 Å². The van der Waals surface area contributed by atoms with Crippen molar-refractivity contribution in [2.75, 3.05) is 26.4 Å². The van der Waals surface area contributed by atoms with Crippen molar-refractivity contribution in [3.63, 3.8) is 0 Å². The van der Waals surface area contributed by atoms with E-state index in [9.17, 15) is 61.0 Å². The molecule has 4 saturated heterocycles. The summed E-state index contributed by atoms with van der Waals surface area (Å²) in [4.78, 5) is 14.3. The van der Waals surface area contributed by atoms with Crippen LogP contribution in [-0.2, 0) is 42.7 Å². The molecular formula is C44H70O20. The summed E-state index contributed by atoms with van der Waals surface area (Å²) in [6.45, 7) is 6.27. The summed E-state index contributed by atoms with van der Waals surface area (Å²) in [5.74, 6) is -0.624. The maximum atomic E-state index is 14.3. The van der Waals surface area contributed by atoms with Crippen molar-refractivity contribution in [1.82, 2.24) is 0 Å². The minimum absolute atomic E-state index is 0.0187. The molecule has 20 nitrogen and oxygen atoms in total. The van der Waals surface area contributed by atoms with Crippen LogP contribution in [0.3, 0.4) is 0 Å². The molecule has 4 heterocycles. The highest BCUT2D eigenvalue weighted by Crippen LogP contribution is 2.72. The second-order valence-electron chi connectivity index (χ2n) is 20.4. The van der Waals surface area contributed by atoms with E-state index in [1.807, 2.05) is 6.92 Å². The minimum Gasteiger partial charge on any atom is -0.435 e. The first-order valence-corrected chi connectivity index (χ1v) is 23.1. The van der Waals surface area contributed by atoms with Crippen molar-refractivity contribution < 1.29 is 98.9 Å². The molecule has 4 saturated carbocycles. The van der Waals surface area contributed by atoms with Gasteiger partial charge in [-0.15, -0.1) is 0 Å². The Kier molecular flexibility index (Phi) is 14.6. The lowest BCUT2D eigenvalue weighted by atomic mass is 9.41. The molecule has 8 fully saturated rings. The molecule has 4 aliphatic carbocycles. The lowest BCUT2D eigenvalue weighted by Gasteiger charge is -2.64. The van der Waals surface area contributed by atoms with Crippen LogP contribution in [-0.4, -0.2) is 199 Å². The van der Waals surface area contributed by atoms with Gasteiger partial charge in [-0.05, 0) is 74.5 Å². The fraction of sp³-hybridized carbons (Fsp3) is 0.932. The Morgan fingerprint density at radius 2 is 1.36 bits per heavy atom. The summed E-state index contributed by atoms with van der Waals surface area (Å²) in [5, 5.41) is 116. The molecule has 0 aromatic heterocycles. The van der Waals surface area contributed by atoms with Gasteiger partial charge in [-0.3, -0.25) is 4.79 Å². The Morgan fingerprint density at radius 1 is 0.672 bits per heavy atom. The molecule has 11 N–H and O–H groups in total. The van der Waals surface area contributed by atoms with E-state index in [4.69, 9.17) is 37.9 Å². The second-order valence-corrected chi connectivity index (χ2v) is 20.4. The van der Waals surface area contributed by atoms with E-state index in [0.29, 0.717) is 12.8 Å². The largest absolute Gasteiger partial charge is 0.435 e. The van der Waals surface area contributed by atoms with Crippen LogP contribution in [0.4, 0.5) is 0 Å². The normalized spacial score (nSPS) is 53.0. The van der Waals surface area contributed by atoms with E-state index in [2.05, 4.69) is 13.5 Å². The average Bonchev–Trinajstić information content (AvgIpc) is 3.53. The van der Waals surface area contributed by atoms with Crippen LogP contribution < -0.4 is 0 Å². The molecule has 1 spiro atoms. The monoisotopic (exact) mass is 918 g/mol. The molecule has 20 heteroatoms. The summed E-state index contributed by atoms with van der Waals surface area (Å²) < 4.78 is 49.2. The summed E-state index contributed by atoms with van der Waals surface area (Å²) in [5.41, 5.74) is -0.406. The van der Waals surface area contributed by atoms with Gasteiger partial charge in [-0.1, -0.05) is 25.5 Å².